The van der Waals surface area contributed by atoms with E-state index < -0.39 is 5.97 Å². The first-order valence-corrected chi connectivity index (χ1v) is 10.3. The number of rotatable bonds is 6. The molecule has 3 rings (SSSR count). The molecule has 0 unspecified atom stereocenters. The SMILES string of the molecule is Cc1ccccc1NC(=S)N(Cc1ccc(Br)cc1)Cc1ccc(C(=O)O)cc1. The summed E-state index contributed by atoms with van der Waals surface area (Å²) in [4.78, 5) is 13.2. The van der Waals surface area contributed by atoms with Crippen LogP contribution >= 0.6 is 28.1 Å². The number of para-hydroxylation sites is 1. The van der Waals surface area contributed by atoms with Crippen LogP contribution in [-0.2, 0) is 13.1 Å². The molecular formula is C23H21BrN2O2S. The quantitative estimate of drug-likeness (QED) is 0.444. The molecule has 0 fully saturated rings. The van der Waals surface area contributed by atoms with Crippen LogP contribution in [0, 0.1) is 6.92 Å². The second-order valence-electron chi connectivity index (χ2n) is 6.73. The lowest BCUT2D eigenvalue weighted by Gasteiger charge is -2.27. The zero-order valence-electron chi connectivity index (χ0n) is 15.9. The van der Waals surface area contributed by atoms with Crippen LogP contribution in [0.2, 0.25) is 0 Å². The van der Waals surface area contributed by atoms with Gasteiger partial charge < -0.3 is 15.3 Å². The predicted octanol–water partition coefficient (Wildman–Crippen LogP) is 5.85. The molecule has 3 aromatic rings. The zero-order chi connectivity index (χ0) is 20.8. The van der Waals surface area contributed by atoms with Crippen LogP contribution in [0.15, 0.2) is 77.3 Å². The van der Waals surface area contributed by atoms with Crippen molar-refractivity contribution < 1.29 is 9.90 Å². The van der Waals surface area contributed by atoms with Gasteiger partial charge >= 0.3 is 5.97 Å². The number of hydrogen-bond donors (Lipinski definition) is 2. The molecule has 29 heavy (non-hydrogen) atoms. The second-order valence-corrected chi connectivity index (χ2v) is 8.03. The summed E-state index contributed by atoms with van der Waals surface area (Å²) in [5.74, 6) is -0.931. The lowest BCUT2D eigenvalue weighted by molar-refractivity contribution is 0.0697. The molecule has 148 valence electrons. The number of nitrogens with zero attached hydrogens (tertiary/aromatic N) is 1. The molecule has 6 heteroatoms. The van der Waals surface area contributed by atoms with Gasteiger partial charge in [0.05, 0.1) is 5.56 Å². The van der Waals surface area contributed by atoms with E-state index in [9.17, 15) is 4.79 Å². The Morgan fingerprint density at radius 2 is 1.52 bits per heavy atom. The molecule has 0 radical (unpaired) electrons. The zero-order valence-corrected chi connectivity index (χ0v) is 18.3. The normalized spacial score (nSPS) is 10.4. The second kappa shape index (κ2) is 9.67. The van der Waals surface area contributed by atoms with Crippen molar-refractivity contribution in [3.63, 3.8) is 0 Å². The summed E-state index contributed by atoms with van der Waals surface area (Å²) in [7, 11) is 0. The Hall–Kier alpha value is -2.70. The highest BCUT2D eigenvalue weighted by atomic mass is 79.9. The van der Waals surface area contributed by atoms with Gasteiger partial charge in [-0.3, -0.25) is 0 Å². The Kier molecular flexibility index (Phi) is 7.01. The number of carboxylic acids is 1. The highest BCUT2D eigenvalue weighted by Gasteiger charge is 2.13. The largest absolute Gasteiger partial charge is 0.478 e. The average Bonchev–Trinajstić information content (AvgIpc) is 2.71. The van der Waals surface area contributed by atoms with E-state index in [1.54, 1.807) is 12.1 Å². The first-order chi connectivity index (χ1) is 13.9. The Morgan fingerprint density at radius 1 is 0.966 bits per heavy atom. The molecule has 0 bridgehead atoms. The van der Waals surface area contributed by atoms with Crippen LogP contribution in [-0.4, -0.2) is 21.1 Å². The van der Waals surface area contributed by atoms with Crippen LogP contribution in [0.3, 0.4) is 0 Å². The molecule has 0 heterocycles. The number of aromatic carboxylic acids is 1. The molecular weight excluding hydrogens is 448 g/mol. The minimum Gasteiger partial charge on any atom is -0.478 e. The summed E-state index contributed by atoms with van der Waals surface area (Å²) in [5, 5.41) is 13.1. The third-order valence-electron chi connectivity index (χ3n) is 4.53. The van der Waals surface area contributed by atoms with E-state index >= 15 is 0 Å². The highest BCUT2D eigenvalue weighted by Crippen LogP contribution is 2.18. The van der Waals surface area contributed by atoms with Crippen molar-refractivity contribution in [1.82, 2.24) is 4.90 Å². The average molecular weight is 469 g/mol. The standard InChI is InChI=1S/C23H21BrN2O2S/c1-16-4-2-3-5-21(16)25-23(29)26(15-18-8-12-20(24)13-9-18)14-17-6-10-19(11-7-17)22(27)28/h2-13H,14-15H2,1H3,(H,25,29)(H,27,28). The van der Waals surface area contributed by atoms with Gasteiger partial charge in [-0.05, 0) is 66.2 Å². The number of carboxylic acid groups (broad SMARTS) is 1. The number of halogens is 1. The topological polar surface area (TPSA) is 52.6 Å². The Balaban J connectivity index is 1.82. The van der Waals surface area contributed by atoms with Crippen molar-refractivity contribution in [2.75, 3.05) is 5.32 Å². The minimum absolute atomic E-state index is 0.272. The molecule has 0 aliphatic carbocycles. The van der Waals surface area contributed by atoms with Crippen molar-refractivity contribution in [3.8, 4) is 0 Å². The van der Waals surface area contributed by atoms with E-state index in [0.29, 0.717) is 18.2 Å². The number of anilines is 1. The van der Waals surface area contributed by atoms with Gasteiger partial charge in [0.1, 0.15) is 0 Å². The van der Waals surface area contributed by atoms with E-state index in [1.807, 2.05) is 55.5 Å². The molecule has 0 aromatic heterocycles. The molecule has 0 saturated heterocycles. The van der Waals surface area contributed by atoms with E-state index in [4.69, 9.17) is 17.3 Å². The summed E-state index contributed by atoms with van der Waals surface area (Å²) in [5.41, 5.74) is 4.47. The monoisotopic (exact) mass is 468 g/mol. The lowest BCUT2D eigenvalue weighted by Crippen LogP contribution is -2.34. The summed E-state index contributed by atoms with van der Waals surface area (Å²) in [6.45, 7) is 3.23. The van der Waals surface area contributed by atoms with Gasteiger partial charge in [-0.15, -0.1) is 0 Å². The molecule has 0 saturated carbocycles. The van der Waals surface area contributed by atoms with Gasteiger partial charge in [-0.1, -0.05) is 58.4 Å². The Bertz CT molecular complexity index is 1000. The van der Waals surface area contributed by atoms with Crippen molar-refractivity contribution in [1.29, 1.82) is 0 Å². The summed E-state index contributed by atoms with van der Waals surface area (Å²) >= 11 is 9.19. The van der Waals surface area contributed by atoms with Gasteiger partial charge in [0, 0.05) is 23.2 Å². The lowest BCUT2D eigenvalue weighted by atomic mass is 10.1. The van der Waals surface area contributed by atoms with Gasteiger partial charge in [0.2, 0.25) is 0 Å². The van der Waals surface area contributed by atoms with Crippen LogP contribution < -0.4 is 5.32 Å². The number of nitrogens with one attached hydrogen (secondary N) is 1. The van der Waals surface area contributed by atoms with Gasteiger partial charge in [0.25, 0.3) is 0 Å². The first kappa shape index (κ1) is 21.0. The molecule has 3 aromatic carbocycles. The maximum atomic E-state index is 11.1. The van der Waals surface area contributed by atoms with Crippen molar-refractivity contribution in [3.05, 3.63) is 99.5 Å². The number of aryl methyl sites for hydroxylation is 1. The fraction of sp³-hybridized carbons (Fsp3) is 0.130. The molecule has 0 amide bonds. The summed E-state index contributed by atoms with van der Waals surface area (Å²) in [6, 6.07) is 23.0. The van der Waals surface area contributed by atoms with Crippen molar-refractivity contribution in [2.45, 2.75) is 20.0 Å². The predicted molar refractivity (Wildman–Crippen MR) is 124 cm³/mol. The summed E-state index contributed by atoms with van der Waals surface area (Å²) < 4.78 is 1.03. The number of carbonyl (C=O) groups is 1. The van der Waals surface area contributed by atoms with Gasteiger partial charge in [-0.25, -0.2) is 4.79 Å². The minimum atomic E-state index is -0.931. The van der Waals surface area contributed by atoms with Crippen molar-refractivity contribution in [2.24, 2.45) is 0 Å². The molecule has 4 nitrogen and oxygen atoms in total. The molecule has 2 N–H and O–H groups in total. The smallest absolute Gasteiger partial charge is 0.335 e. The first-order valence-electron chi connectivity index (χ1n) is 9.10. The highest BCUT2D eigenvalue weighted by molar-refractivity contribution is 9.10. The third kappa shape index (κ3) is 5.89. The van der Waals surface area contributed by atoms with Crippen LogP contribution in [0.5, 0.6) is 0 Å². The molecule has 0 aliphatic rings. The van der Waals surface area contributed by atoms with Crippen LogP contribution in [0.25, 0.3) is 0 Å². The number of thiocarbonyl (C=S) groups is 1. The number of benzene rings is 3. The van der Waals surface area contributed by atoms with Crippen LogP contribution in [0.4, 0.5) is 5.69 Å². The maximum absolute atomic E-state index is 11.1. The molecule has 0 spiro atoms. The van der Waals surface area contributed by atoms with E-state index in [-0.39, 0.29) is 5.56 Å². The maximum Gasteiger partial charge on any atom is 0.335 e. The Labute approximate surface area is 184 Å². The van der Waals surface area contributed by atoms with Gasteiger partial charge in [-0.2, -0.15) is 0 Å². The fourth-order valence-electron chi connectivity index (χ4n) is 2.89. The van der Waals surface area contributed by atoms with Gasteiger partial charge in [0.15, 0.2) is 5.11 Å². The number of hydrogen-bond acceptors (Lipinski definition) is 2. The fourth-order valence-corrected chi connectivity index (χ4v) is 3.39. The van der Waals surface area contributed by atoms with E-state index in [2.05, 4.69) is 38.3 Å². The van der Waals surface area contributed by atoms with Crippen LogP contribution in [0.1, 0.15) is 27.0 Å². The van der Waals surface area contributed by atoms with E-state index in [1.165, 1.54) is 0 Å². The van der Waals surface area contributed by atoms with Crippen molar-refractivity contribution >= 4 is 44.9 Å². The summed E-state index contributed by atoms with van der Waals surface area (Å²) in [6.07, 6.45) is 0. The molecule has 0 aliphatic heterocycles. The Morgan fingerprint density at radius 3 is 2.07 bits per heavy atom. The molecule has 0 atom stereocenters. The third-order valence-corrected chi connectivity index (χ3v) is 5.42. The van der Waals surface area contributed by atoms with E-state index in [0.717, 1.165) is 26.9 Å².